The van der Waals surface area contributed by atoms with Gasteiger partial charge in [-0.1, -0.05) is 54.6 Å². The number of hydrogen-bond acceptors (Lipinski definition) is 2. The highest BCUT2D eigenvalue weighted by atomic mass is 16.2. The highest BCUT2D eigenvalue weighted by molar-refractivity contribution is 6.19. The van der Waals surface area contributed by atoms with Gasteiger partial charge in [0.1, 0.15) is 6.54 Å². The zero-order chi connectivity index (χ0) is 14.7. The number of amides is 1. The number of hydrogen-bond donors (Lipinski definition) is 0. The minimum absolute atomic E-state index is 0.00622. The van der Waals surface area contributed by atoms with Crippen molar-refractivity contribution in [2.45, 2.75) is 0 Å². The van der Waals surface area contributed by atoms with Gasteiger partial charge in [-0.15, -0.1) is 6.58 Å². The lowest BCUT2D eigenvalue weighted by Crippen LogP contribution is -2.32. The number of nitrogens with zero attached hydrogens (tertiary/aromatic N) is 2. The van der Waals surface area contributed by atoms with E-state index in [-0.39, 0.29) is 12.5 Å². The molecule has 3 rings (SSSR count). The molecule has 104 valence electrons. The van der Waals surface area contributed by atoms with Crippen LogP contribution in [0.25, 0.3) is 0 Å². The van der Waals surface area contributed by atoms with Crippen LogP contribution in [0.3, 0.4) is 0 Å². The molecule has 1 aliphatic heterocycles. The smallest absolute Gasteiger partial charge is 0.248 e. The first-order valence-corrected chi connectivity index (χ1v) is 6.92. The first kappa shape index (κ1) is 13.3. The molecule has 0 saturated carbocycles. The molecule has 21 heavy (non-hydrogen) atoms. The van der Waals surface area contributed by atoms with Gasteiger partial charge in [-0.2, -0.15) is 0 Å². The van der Waals surface area contributed by atoms with Crippen molar-refractivity contribution in [1.82, 2.24) is 0 Å². The Kier molecular flexibility index (Phi) is 3.65. The number of anilines is 1. The van der Waals surface area contributed by atoms with Gasteiger partial charge >= 0.3 is 0 Å². The van der Waals surface area contributed by atoms with Crippen LogP contribution in [0, 0.1) is 0 Å². The topological polar surface area (TPSA) is 32.7 Å². The SMILES string of the molecule is C=CCN1C(=O)CN=C(c2ccccc2)c2ccccc21. The molecule has 2 aromatic rings. The molecule has 3 nitrogen and oxygen atoms in total. The van der Waals surface area contributed by atoms with Crippen molar-refractivity contribution in [3.63, 3.8) is 0 Å². The average Bonchev–Trinajstić information content (AvgIpc) is 2.67. The number of benzene rings is 2. The predicted molar refractivity (Wildman–Crippen MR) is 85.9 cm³/mol. The van der Waals surface area contributed by atoms with E-state index in [1.54, 1.807) is 11.0 Å². The normalized spacial score (nSPS) is 14.2. The number of carbonyl (C=O) groups is 1. The summed E-state index contributed by atoms with van der Waals surface area (Å²) in [6.07, 6.45) is 1.74. The molecule has 3 heteroatoms. The first-order chi connectivity index (χ1) is 10.3. The maximum absolute atomic E-state index is 12.3. The molecule has 0 bridgehead atoms. The second kappa shape index (κ2) is 5.75. The van der Waals surface area contributed by atoms with E-state index in [0.29, 0.717) is 6.54 Å². The number of benzodiazepines with no additional fused rings is 1. The lowest BCUT2D eigenvalue weighted by atomic mass is 10.0. The Hall–Kier alpha value is -2.68. The lowest BCUT2D eigenvalue weighted by Gasteiger charge is -2.21. The number of aliphatic imine (C=N–C) groups is 1. The second-order valence-corrected chi connectivity index (χ2v) is 4.84. The molecule has 0 radical (unpaired) electrons. The molecule has 0 aromatic heterocycles. The van der Waals surface area contributed by atoms with E-state index < -0.39 is 0 Å². The van der Waals surface area contributed by atoms with E-state index in [2.05, 4.69) is 11.6 Å². The summed E-state index contributed by atoms with van der Waals surface area (Å²) in [5.74, 6) is -0.00622. The minimum atomic E-state index is -0.00622. The van der Waals surface area contributed by atoms with Crippen molar-refractivity contribution < 1.29 is 4.79 Å². The van der Waals surface area contributed by atoms with E-state index in [4.69, 9.17) is 0 Å². The Morgan fingerprint density at radius 3 is 2.57 bits per heavy atom. The molecule has 0 N–H and O–H groups in total. The summed E-state index contributed by atoms with van der Waals surface area (Å²) in [4.78, 5) is 18.6. The van der Waals surface area contributed by atoms with Crippen LogP contribution in [0.15, 0.2) is 72.2 Å². The van der Waals surface area contributed by atoms with E-state index >= 15 is 0 Å². The van der Waals surface area contributed by atoms with Crippen LogP contribution in [-0.2, 0) is 4.79 Å². The summed E-state index contributed by atoms with van der Waals surface area (Å²) < 4.78 is 0. The minimum Gasteiger partial charge on any atom is -0.306 e. The third kappa shape index (κ3) is 2.50. The quantitative estimate of drug-likeness (QED) is 0.793. The Morgan fingerprint density at radius 2 is 1.81 bits per heavy atom. The molecule has 1 amide bonds. The zero-order valence-electron chi connectivity index (χ0n) is 11.7. The van der Waals surface area contributed by atoms with Gasteiger partial charge in [-0.25, -0.2) is 0 Å². The van der Waals surface area contributed by atoms with E-state index in [9.17, 15) is 4.79 Å². The number of para-hydroxylation sites is 1. The van der Waals surface area contributed by atoms with Gasteiger partial charge in [0.05, 0.1) is 11.4 Å². The third-order valence-corrected chi connectivity index (χ3v) is 3.48. The van der Waals surface area contributed by atoms with E-state index in [0.717, 1.165) is 22.5 Å². The van der Waals surface area contributed by atoms with Crippen LogP contribution in [-0.4, -0.2) is 24.7 Å². The number of fused-ring (bicyclic) bond motifs is 1. The average molecular weight is 276 g/mol. The van der Waals surface area contributed by atoms with Crippen LogP contribution < -0.4 is 4.90 Å². The van der Waals surface area contributed by atoms with Gasteiger partial charge in [-0.3, -0.25) is 9.79 Å². The van der Waals surface area contributed by atoms with Gasteiger partial charge in [0.25, 0.3) is 0 Å². The van der Waals surface area contributed by atoms with Gasteiger partial charge < -0.3 is 4.90 Å². The Bertz CT molecular complexity index is 704. The fraction of sp³-hybridized carbons (Fsp3) is 0.111. The predicted octanol–water partition coefficient (Wildman–Crippen LogP) is 3.06. The molecule has 0 aliphatic carbocycles. The van der Waals surface area contributed by atoms with Gasteiger partial charge in [0, 0.05) is 17.7 Å². The summed E-state index contributed by atoms with van der Waals surface area (Å²) in [7, 11) is 0. The highest BCUT2D eigenvalue weighted by Crippen LogP contribution is 2.26. The first-order valence-electron chi connectivity index (χ1n) is 6.92. The summed E-state index contributed by atoms with van der Waals surface area (Å²) in [6.45, 7) is 4.39. The van der Waals surface area contributed by atoms with Crippen LogP contribution in [0.5, 0.6) is 0 Å². The number of carbonyl (C=O) groups excluding carboxylic acids is 1. The molecule has 1 aliphatic rings. The molecule has 0 saturated heterocycles. The fourth-order valence-electron chi connectivity index (χ4n) is 2.53. The largest absolute Gasteiger partial charge is 0.306 e. The van der Waals surface area contributed by atoms with Crippen LogP contribution in [0.2, 0.25) is 0 Å². The van der Waals surface area contributed by atoms with Gasteiger partial charge in [0.15, 0.2) is 0 Å². The van der Waals surface area contributed by atoms with Crippen molar-refractivity contribution in [2.75, 3.05) is 18.0 Å². The second-order valence-electron chi connectivity index (χ2n) is 4.84. The molecular weight excluding hydrogens is 260 g/mol. The molecule has 0 spiro atoms. The van der Waals surface area contributed by atoms with Crippen molar-refractivity contribution in [3.05, 3.63) is 78.4 Å². The van der Waals surface area contributed by atoms with Crippen LogP contribution in [0.4, 0.5) is 5.69 Å². The highest BCUT2D eigenvalue weighted by Gasteiger charge is 2.23. The summed E-state index contributed by atoms with van der Waals surface area (Å²) >= 11 is 0. The van der Waals surface area contributed by atoms with Gasteiger partial charge in [-0.05, 0) is 6.07 Å². The van der Waals surface area contributed by atoms with Crippen molar-refractivity contribution in [2.24, 2.45) is 4.99 Å². The van der Waals surface area contributed by atoms with Gasteiger partial charge in [0.2, 0.25) is 5.91 Å². The molecular formula is C18H16N2O. The monoisotopic (exact) mass is 276 g/mol. The Morgan fingerprint density at radius 1 is 1.10 bits per heavy atom. The Labute approximate surface area is 124 Å². The zero-order valence-corrected chi connectivity index (χ0v) is 11.7. The van der Waals surface area contributed by atoms with Crippen molar-refractivity contribution in [1.29, 1.82) is 0 Å². The maximum Gasteiger partial charge on any atom is 0.248 e. The van der Waals surface area contributed by atoms with Crippen LogP contribution in [0.1, 0.15) is 11.1 Å². The molecule has 0 atom stereocenters. The molecule has 2 aromatic carbocycles. The molecule has 0 unspecified atom stereocenters. The summed E-state index contributed by atoms with van der Waals surface area (Å²) in [6, 6.07) is 17.9. The maximum atomic E-state index is 12.3. The van der Waals surface area contributed by atoms with Crippen molar-refractivity contribution in [3.8, 4) is 0 Å². The molecule has 0 fully saturated rings. The Balaban J connectivity index is 2.16. The van der Waals surface area contributed by atoms with Crippen LogP contribution >= 0.6 is 0 Å². The summed E-state index contributed by atoms with van der Waals surface area (Å²) in [5.41, 5.74) is 3.77. The van der Waals surface area contributed by atoms with E-state index in [1.165, 1.54) is 0 Å². The standard InChI is InChI=1S/C18H16N2O/c1-2-12-20-16-11-7-6-10-15(16)18(19-13-17(20)21)14-8-4-3-5-9-14/h2-11H,1,12-13H2. The third-order valence-electron chi connectivity index (χ3n) is 3.48. The molecule has 1 heterocycles. The lowest BCUT2D eigenvalue weighted by molar-refractivity contribution is -0.117. The van der Waals surface area contributed by atoms with E-state index in [1.807, 2.05) is 54.6 Å². The summed E-state index contributed by atoms with van der Waals surface area (Å²) in [5, 5.41) is 0. The van der Waals surface area contributed by atoms with Crippen molar-refractivity contribution >= 4 is 17.3 Å². The fourth-order valence-corrected chi connectivity index (χ4v) is 2.53. The number of rotatable bonds is 3.